The first-order valence-corrected chi connectivity index (χ1v) is 8.43. The van der Waals surface area contributed by atoms with E-state index in [1.807, 2.05) is 24.4 Å². The molecule has 0 saturated carbocycles. The Hall–Kier alpha value is -2.08. The molecule has 1 unspecified atom stereocenters. The molecular weight excluding hydrogens is 308 g/mol. The van der Waals surface area contributed by atoms with Crippen LogP contribution in [0, 0.1) is 0 Å². The maximum absolute atomic E-state index is 5.28. The third-order valence-corrected chi connectivity index (χ3v) is 4.35. The summed E-state index contributed by atoms with van der Waals surface area (Å²) in [6.07, 6.45) is 7.28. The number of furan rings is 1. The fourth-order valence-corrected chi connectivity index (χ4v) is 3.01. The van der Waals surface area contributed by atoms with Gasteiger partial charge in [-0.25, -0.2) is 4.98 Å². The predicted octanol–water partition coefficient (Wildman–Crippen LogP) is 3.54. The van der Waals surface area contributed by atoms with Crippen molar-refractivity contribution in [3.63, 3.8) is 0 Å². The smallest absolute Gasteiger partial charge is 0.171 e. The topological polar surface area (TPSA) is 53.3 Å². The molecule has 1 atom stereocenters. The fraction of sp³-hybridized carbons (Fsp3) is 0.412. The lowest BCUT2D eigenvalue weighted by atomic mass is 10.0. The highest BCUT2D eigenvalue weighted by atomic mass is 32.1. The zero-order valence-corrected chi connectivity index (χ0v) is 14.1. The van der Waals surface area contributed by atoms with Crippen LogP contribution in [0.15, 0.2) is 41.1 Å². The molecule has 2 aromatic rings. The second kappa shape index (κ2) is 7.46. The molecule has 1 aliphatic heterocycles. The monoisotopic (exact) mass is 330 g/mol. The van der Waals surface area contributed by atoms with Crippen LogP contribution in [0.5, 0.6) is 0 Å². The molecule has 23 heavy (non-hydrogen) atoms. The van der Waals surface area contributed by atoms with E-state index < -0.39 is 0 Å². The van der Waals surface area contributed by atoms with Crippen molar-refractivity contribution in [3.8, 4) is 0 Å². The maximum atomic E-state index is 5.28. The van der Waals surface area contributed by atoms with Crippen LogP contribution in [0.2, 0.25) is 0 Å². The minimum atomic E-state index is 0.558. The van der Waals surface area contributed by atoms with Gasteiger partial charge in [0.05, 0.1) is 24.7 Å². The zero-order chi connectivity index (χ0) is 16.1. The molecule has 0 bridgehead atoms. The molecule has 1 saturated heterocycles. The van der Waals surface area contributed by atoms with E-state index in [2.05, 4.69) is 33.5 Å². The van der Waals surface area contributed by atoms with Crippen LogP contribution >= 0.6 is 12.2 Å². The summed E-state index contributed by atoms with van der Waals surface area (Å²) in [7, 11) is 0. The van der Waals surface area contributed by atoms with Crippen LogP contribution in [-0.2, 0) is 6.54 Å². The van der Waals surface area contributed by atoms with Gasteiger partial charge in [-0.1, -0.05) is 0 Å². The van der Waals surface area contributed by atoms with Gasteiger partial charge in [-0.2, -0.15) is 0 Å². The molecule has 2 N–H and O–H groups in total. The molecule has 5 nitrogen and oxygen atoms in total. The first kappa shape index (κ1) is 15.8. The lowest BCUT2D eigenvalue weighted by molar-refractivity contribution is 0.481. The summed E-state index contributed by atoms with van der Waals surface area (Å²) in [6, 6.07) is 8.40. The Morgan fingerprint density at radius 3 is 3.00 bits per heavy atom. The Morgan fingerprint density at radius 2 is 2.30 bits per heavy atom. The summed E-state index contributed by atoms with van der Waals surface area (Å²) >= 11 is 5.28. The molecule has 0 spiro atoms. The van der Waals surface area contributed by atoms with Gasteiger partial charge >= 0.3 is 0 Å². The first-order chi connectivity index (χ1) is 11.2. The normalized spacial score (nSPS) is 17.8. The summed E-state index contributed by atoms with van der Waals surface area (Å²) in [6.45, 7) is 3.92. The molecule has 0 radical (unpaired) electrons. The van der Waals surface area contributed by atoms with Crippen molar-refractivity contribution in [1.29, 1.82) is 0 Å². The van der Waals surface area contributed by atoms with Gasteiger partial charge in [-0.05, 0) is 62.7 Å². The van der Waals surface area contributed by atoms with Gasteiger partial charge in [0.1, 0.15) is 11.6 Å². The van der Waals surface area contributed by atoms with E-state index in [4.69, 9.17) is 16.6 Å². The molecule has 3 rings (SSSR count). The number of aromatic nitrogens is 1. The molecule has 0 aliphatic carbocycles. The summed E-state index contributed by atoms with van der Waals surface area (Å²) in [5.74, 6) is 1.89. The summed E-state index contributed by atoms with van der Waals surface area (Å²) in [5.41, 5.74) is 0.885. The Kier molecular flexibility index (Phi) is 5.12. The van der Waals surface area contributed by atoms with E-state index in [0.717, 1.165) is 23.8 Å². The van der Waals surface area contributed by atoms with E-state index in [1.165, 1.54) is 19.3 Å². The van der Waals surface area contributed by atoms with Gasteiger partial charge < -0.3 is 20.0 Å². The van der Waals surface area contributed by atoms with Crippen LogP contribution < -0.4 is 15.5 Å². The van der Waals surface area contributed by atoms with Gasteiger partial charge in [0.2, 0.25) is 0 Å². The fourth-order valence-electron chi connectivity index (χ4n) is 2.82. The van der Waals surface area contributed by atoms with Gasteiger partial charge in [-0.3, -0.25) is 0 Å². The highest BCUT2D eigenvalue weighted by Crippen LogP contribution is 2.23. The average Bonchev–Trinajstić information content (AvgIpc) is 3.08. The Morgan fingerprint density at radius 1 is 1.39 bits per heavy atom. The molecule has 6 heteroatoms. The molecule has 0 aromatic carbocycles. The van der Waals surface area contributed by atoms with Crippen molar-refractivity contribution in [3.05, 3.63) is 42.5 Å². The molecule has 122 valence electrons. The number of nitrogens with zero attached hydrogens (tertiary/aromatic N) is 2. The summed E-state index contributed by atoms with van der Waals surface area (Å²) < 4.78 is 5.26. The lowest BCUT2D eigenvalue weighted by Gasteiger charge is -2.34. The number of hydrogen-bond acceptors (Lipinski definition) is 4. The van der Waals surface area contributed by atoms with Crippen LogP contribution in [0.1, 0.15) is 31.9 Å². The molecule has 0 amide bonds. The van der Waals surface area contributed by atoms with E-state index >= 15 is 0 Å². The average molecular weight is 330 g/mol. The minimum Gasteiger partial charge on any atom is -0.467 e. The van der Waals surface area contributed by atoms with Crippen molar-refractivity contribution in [2.45, 2.75) is 38.8 Å². The van der Waals surface area contributed by atoms with Crippen LogP contribution in [0.25, 0.3) is 0 Å². The number of piperidine rings is 1. The Labute approximate surface area is 142 Å². The van der Waals surface area contributed by atoms with Gasteiger partial charge in [0.15, 0.2) is 5.11 Å². The maximum Gasteiger partial charge on any atom is 0.171 e. The number of nitrogens with one attached hydrogen (secondary N) is 2. The van der Waals surface area contributed by atoms with E-state index in [1.54, 1.807) is 6.26 Å². The second-order valence-electron chi connectivity index (χ2n) is 5.83. The first-order valence-electron chi connectivity index (χ1n) is 8.02. The summed E-state index contributed by atoms with van der Waals surface area (Å²) in [5, 5.41) is 6.81. The van der Waals surface area contributed by atoms with E-state index in [-0.39, 0.29) is 0 Å². The minimum absolute atomic E-state index is 0.558. The molecular formula is C17H22N4OS. The quantitative estimate of drug-likeness (QED) is 0.836. The molecule has 1 aliphatic rings. The SMILES string of the molecule is CC1CCCCN1c1ccc(NC(=S)NCc2ccco2)cn1. The van der Waals surface area contributed by atoms with E-state index in [9.17, 15) is 0 Å². The number of anilines is 2. The highest BCUT2D eigenvalue weighted by molar-refractivity contribution is 7.80. The van der Waals surface area contributed by atoms with Gasteiger partial charge in [0, 0.05) is 12.6 Å². The summed E-state index contributed by atoms with van der Waals surface area (Å²) in [4.78, 5) is 6.95. The number of rotatable bonds is 4. The van der Waals surface area contributed by atoms with Crippen molar-refractivity contribution < 1.29 is 4.42 Å². The zero-order valence-electron chi connectivity index (χ0n) is 13.3. The second-order valence-corrected chi connectivity index (χ2v) is 6.24. The number of thiocarbonyl (C=S) groups is 1. The number of hydrogen-bond donors (Lipinski definition) is 2. The van der Waals surface area contributed by atoms with Crippen molar-refractivity contribution in [2.75, 3.05) is 16.8 Å². The largest absolute Gasteiger partial charge is 0.467 e. The lowest BCUT2D eigenvalue weighted by Crippen LogP contribution is -2.37. The van der Waals surface area contributed by atoms with Crippen LogP contribution in [0.4, 0.5) is 11.5 Å². The van der Waals surface area contributed by atoms with Crippen molar-refractivity contribution in [1.82, 2.24) is 10.3 Å². The van der Waals surface area contributed by atoms with E-state index in [0.29, 0.717) is 17.7 Å². The third-order valence-electron chi connectivity index (χ3n) is 4.11. The van der Waals surface area contributed by atoms with Crippen molar-refractivity contribution in [2.24, 2.45) is 0 Å². The molecule has 2 aromatic heterocycles. The van der Waals surface area contributed by atoms with Crippen LogP contribution in [-0.4, -0.2) is 22.7 Å². The molecule has 1 fully saturated rings. The Balaban J connectivity index is 1.53. The van der Waals surface area contributed by atoms with Crippen molar-refractivity contribution >= 4 is 28.8 Å². The predicted molar refractivity (Wildman–Crippen MR) is 96.7 cm³/mol. The van der Waals surface area contributed by atoms with Crippen LogP contribution in [0.3, 0.4) is 0 Å². The highest BCUT2D eigenvalue weighted by Gasteiger charge is 2.19. The van der Waals surface area contributed by atoms with Gasteiger partial charge in [-0.15, -0.1) is 0 Å². The molecule has 3 heterocycles. The van der Waals surface area contributed by atoms with Gasteiger partial charge in [0.25, 0.3) is 0 Å². The number of pyridine rings is 1. The Bertz CT molecular complexity index is 627. The third kappa shape index (κ3) is 4.22. The standard InChI is InChI=1S/C17H22N4OS/c1-13-5-2-3-9-21(13)16-8-7-14(11-18-16)20-17(23)19-12-15-6-4-10-22-15/h4,6-8,10-11,13H,2-3,5,9,12H2,1H3,(H2,19,20,23).